The van der Waals surface area contributed by atoms with E-state index in [2.05, 4.69) is 18.6 Å². The second kappa shape index (κ2) is 3.79. The number of rotatable bonds is 5. The summed E-state index contributed by atoms with van der Waals surface area (Å²) in [6.45, 7) is 5.92. The molecule has 0 radical (unpaired) electrons. The van der Waals surface area contributed by atoms with Crippen molar-refractivity contribution in [1.82, 2.24) is 4.72 Å². The van der Waals surface area contributed by atoms with E-state index in [1.807, 2.05) is 0 Å². The predicted molar refractivity (Wildman–Crippen MR) is 55.4 cm³/mol. The van der Waals surface area contributed by atoms with Crippen molar-refractivity contribution in [3.63, 3.8) is 0 Å². The lowest BCUT2D eigenvalue weighted by atomic mass is 10.1. The van der Waals surface area contributed by atoms with E-state index in [1.165, 1.54) is 6.92 Å². The third-order valence-electron chi connectivity index (χ3n) is 3.04. The van der Waals surface area contributed by atoms with Gasteiger partial charge in [-0.15, -0.1) is 0 Å². The Morgan fingerprint density at radius 2 is 2.07 bits per heavy atom. The molecule has 1 rings (SSSR count). The highest BCUT2D eigenvalue weighted by molar-refractivity contribution is 7.90. The van der Waals surface area contributed by atoms with Gasteiger partial charge in [-0.05, 0) is 24.7 Å². The average Bonchev–Trinajstić information content (AvgIpc) is 2.69. The summed E-state index contributed by atoms with van der Waals surface area (Å²) < 4.78 is 25.4. The van der Waals surface area contributed by atoms with Crippen molar-refractivity contribution in [3.8, 4) is 0 Å². The summed E-state index contributed by atoms with van der Waals surface area (Å²) in [5.74, 6) is 0.447. The van der Waals surface area contributed by atoms with Gasteiger partial charge in [-0.1, -0.05) is 13.8 Å². The number of aliphatic hydroxyl groups is 1. The number of hydrogen-bond donors (Lipinski definition) is 2. The first-order valence-electron chi connectivity index (χ1n) is 4.89. The van der Waals surface area contributed by atoms with E-state index in [0.717, 1.165) is 6.42 Å². The van der Waals surface area contributed by atoms with Gasteiger partial charge in [0.2, 0.25) is 10.0 Å². The lowest BCUT2D eigenvalue weighted by Crippen LogP contribution is -2.36. The molecular weight excluding hydrogens is 202 g/mol. The van der Waals surface area contributed by atoms with Gasteiger partial charge >= 0.3 is 0 Å². The molecule has 0 amide bonds. The fourth-order valence-electron chi connectivity index (χ4n) is 1.38. The Morgan fingerprint density at radius 1 is 1.57 bits per heavy atom. The number of nitrogens with one attached hydrogen (secondary N) is 1. The van der Waals surface area contributed by atoms with Crippen LogP contribution in [0, 0.1) is 11.3 Å². The van der Waals surface area contributed by atoms with Gasteiger partial charge < -0.3 is 5.11 Å². The highest BCUT2D eigenvalue weighted by Crippen LogP contribution is 2.51. The monoisotopic (exact) mass is 221 g/mol. The van der Waals surface area contributed by atoms with E-state index in [-0.39, 0.29) is 12.0 Å². The highest BCUT2D eigenvalue weighted by Gasteiger charge is 2.45. The first-order chi connectivity index (χ1) is 6.29. The van der Waals surface area contributed by atoms with Gasteiger partial charge in [0, 0.05) is 6.54 Å². The molecule has 0 saturated heterocycles. The molecule has 0 aromatic rings. The predicted octanol–water partition coefficient (Wildman–Crippen LogP) is 0.333. The molecule has 84 valence electrons. The Morgan fingerprint density at radius 3 is 2.43 bits per heavy atom. The molecule has 2 N–H and O–H groups in total. The summed E-state index contributed by atoms with van der Waals surface area (Å²) in [5, 5.41) is 8.02. The van der Waals surface area contributed by atoms with Crippen LogP contribution in [0.2, 0.25) is 0 Å². The smallest absolute Gasteiger partial charge is 0.216 e. The van der Waals surface area contributed by atoms with Crippen LogP contribution in [0.3, 0.4) is 0 Å². The van der Waals surface area contributed by atoms with Crippen molar-refractivity contribution in [3.05, 3.63) is 0 Å². The maximum absolute atomic E-state index is 11.4. The maximum Gasteiger partial charge on any atom is 0.216 e. The minimum atomic E-state index is -3.32. The van der Waals surface area contributed by atoms with E-state index >= 15 is 0 Å². The molecule has 1 saturated carbocycles. The lowest BCUT2D eigenvalue weighted by Gasteiger charge is -2.11. The molecule has 0 aromatic carbocycles. The summed E-state index contributed by atoms with van der Waals surface area (Å²) >= 11 is 0. The molecule has 1 aliphatic rings. The van der Waals surface area contributed by atoms with Gasteiger partial charge in [0.25, 0.3) is 0 Å². The van der Waals surface area contributed by atoms with Crippen molar-refractivity contribution in [2.75, 3.05) is 13.2 Å². The molecule has 1 aliphatic carbocycles. The van der Waals surface area contributed by atoms with Crippen molar-refractivity contribution in [2.45, 2.75) is 32.4 Å². The van der Waals surface area contributed by atoms with Crippen LogP contribution in [0.15, 0.2) is 0 Å². The summed E-state index contributed by atoms with van der Waals surface area (Å²) in [4.78, 5) is 0. The topological polar surface area (TPSA) is 66.4 Å². The third-order valence-corrected chi connectivity index (χ3v) is 4.81. The van der Waals surface area contributed by atoms with E-state index in [1.54, 1.807) is 0 Å². The zero-order valence-electron chi connectivity index (χ0n) is 8.95. The normalized spacial score (nSPS) is 27.3. The summed E-state index contributed by atoms with van der Waals surface area (Å²) in [5.41, 5.74) is 0.283. The minimum absolute atomic E-state index is 0.283. The van der Waals surface area contributed by atoms with Crippen LogP contribution in [0.25, 0.3) is 0 Å². The van der Waals surface area contributed by atoms with Crippen LogP contribution in [-0.4, -0.2) is 31.9 Å². The minimum Gasteiger partial charge on any atom is -0.395 e. The van der Waals surface area contributed by atoms with Crippen molar-refractivity contribution in [1.29, 1.82) is 0 Å². The van der Waals surface area contributed by atoms with Crippen LogP contribution in [0.4, 0.5) is 0 Å². The molecule has 0 aliphatic heterocycles. The molecule has 5 heteroatoms. The second-order valence-corrected chi connectivity index (χ2v) is 6.96. The Balaban J connectivity index is 2.39. The van der Waals surface area contributed by atoms with Gasteiger partial charge in [-0.25, -0.2) is 13.1 Å². The summed E-state index contributed by atoms with van der Waals surface area (Å²) in [6.07, 6.45) is 1.07. The SMILES string of the molecule is CC(CO)S(=O)(=O)NCC1CC1(C)C. The van der Waals surface area contributed by atoms with Crippen LogP contribution >= 0.6 is 0 Å². The van der Waals surface area contributed by atoms with Gasteiger partial charge in [-0.3, -0.25) is 0 Å². The molecule has 2 atom stereocenters. The van der Waals surface area contributed by atoms with Crippen LogP contribution in [0.5, 0.6) is 0 Å². The second-order valence-electron chi connectivity index (χ2n) is 4.78. The Labute approximate surface area is 85.8 Å². The molecule has 2 unspecified atom stereocenters. The fraction of sp³-hybridized carbons (Fsp3) is 1.00. The zero-order valence-corrected chi connectivity index (χ0v) is 9.76. The van der Waals surface area contributed by atoms with Crippen molar-refractivity contribution >= 4 is 10.0 Å². The van der Waals surface area contributed by atoms with Crippen molar-refractivity contribution in [2.24, 2.45) is 11.3 Å². The molecule has 0 spiro atoms. The molecule has 14 heavy (non-hydrogen) atoms. The molecule has 4 nitrogen and oxygen atoms in total. The first-order valence-corrected chi connectivity index (χ1v) is 6.43. The Bertz CT molecular complexity index is 297. The zero-order chi connectivity index (χ0) is 11.0. The Kier molecular flexibility index (Phi) is 3.23. The first kappa shape index (κ1) is 11.9. The number of sulfonamides is 1. The van der Waals surface area contributed by atoms with Gasteiger partial charge in [-0.2, -0.15) is 0 Å². The summed E-state index contributed by atoms with van der Waals surface area (Å²) in [6, 6.07) is 0. The van der Waals surface area contributed by atoms with Gasteiger partial charge in [0.05, 0.1) is 11.9 Å². The van der Waals surface area contributed by atoms with Crippen LogP contribution < -0.4 is 4.72 Å². The van der Waals surface area contributed by atoms with E-state index < -0.39 is 15.3 Å². The molecule has 0 bridgehead atoms. The van der Waals surface area contributed by atoms with E-state index in [4.69, 9.17) is 5.11 Å². The molecule has 0 aromatic heterocycles. The fourth-order valence-corrected chi connectivity index (χ4v) is 2.30. The van der Waals surface area contributed by atoms with Crippen LogP contribution in [0.1, 0.15) is 27.2 Å². The summed E-state index contributed by atoms with van der Waals surface area (Å²) in [7, 11) is -3.32. The molecular formula is C9H19NO3S. The highest BCUT2D eigenvalue weighted by atomic mass is 32.2. The van der Waals surface area contributed by atoms with Gasteiger partial charge in [0.15, 0.2) is 0 Å². The standard InChI is InChI=1S/C9H19NO3S/c1-7(6-11)14(12,13)10-5-8-4-9(8,2)3/h7-8,10-11H,4-6H2,1-3H3. The van der Waals surface area contributed by atoms with Crippen LogP contribution in [-0.2, 0) is 10.0 Å². The van der Waals surface area contributed by atoms with Gasteiger partial charge in [0.1, 0.15) is 0 Å². The third kappa shape index (κ3) is 2.68. The largest absolute Gasteiger partial charge is 0.395 e. The molecule has 0 heterocycles. The lowest BCUT2D eigenvalue weighted by molar-refractivity contribution is 0.294. The van der Waals surface area contributed by atoms with E-state index in [0.29, 0.717) is 12.5 Å². The maximum atomic E-state index is 11.4. The Hall–Kier alpha value is -0.130. The quantitative estimate of drug-likeness (QED) is 0.703. The van der Waals surface area contributed by atoms with E-state index in [9.17, 15) is 8.42 Å². The molecule has 1 fully saturated rings. The number of aliphatic hydroxyl groups excluding tert-OH is 1. The number of hydrogen-bond acceptors (Lipinski definition) is 3. The average molecular weight is 221 g/mol. The van der Waals surface area contributed by atoms with Crippen molar-refractivity contribution < 1.29 is 13.5 Å².